The van der Waals surface area contributed by atoms with Gasteiger partial charge in [0.1, 0.15) is 0 Å². The molecule has 0 aliphatic heterocycles. The molecule has 0 radical (unpaired) electrons. The Balaban J connectivity index is 2.40. The molecule has 0 unspecified atom stereocenters. The third-order valence-corrected chi connectivity index (χ3v) is 2.68. The Morgan fingerprint density at radius 2 is 2.25 bits per heavy atom. The van der Waals surface area contributed by atoms with E-state index in [1.54, 1.807) is 0 Å². The Hall–Kier alpha value is -1.32. The van der Waals surface area contributed by atoms with Crippen molar-refractivity contribution in [1.29, 1.82) is 0 Å². The maximum absolute atomic E-state index is 5.97. The topological polar surface area (TPSA) is 43.8 Å². The highest BCUT2D eigenvalue weighted by atomic mass is 35.5. The van der Waals surface area contributed by atoms with E-state index in [0.29, 0.717) is 6.54 Å². The summed E-state index contributed by atoms with van der Waals surface area (Å²) in [6.07, 6.45) is 2.01. The molecule has 2 rings (SSSR count). The lowest BCUT2D eigenvalue weighted by Crippen LogP contribution is -2.10. The summed E-state index contributed by atoms with van der Waals surface area (Å²) in [5.74, 6) is 0. The van der Waals surface area contributed by atoms with E-state index in [9.17, 15) is 0 Å². The summed E-state index contributed by atoms with van der Waals surface area (Å²) in [6.45, 7) is 3.32. The van der Waals surface area contributed by atoms with E-state index in [1.807, 2.05) is 42.1 Å². The molecule has 16 heavy (non-hydrogen) atoms. The Kier molecular flexibility index (Phi) is 3.27. The summed E-state index contributed by atoms with van der Waals surface area (Å²) in [7, 11) is 0. The first-order valence-electron chi connectivity index (χ1n) is 5.21. The minimum atomic E-state index is 0.593. The van der Waals surface area contributed by atoms with Gasteiger partial charge in [-0.1, -0.05) is 23.7 Å². The Morgan fingerprint density at radius 3 is 2.94 bits per heavy atom. The summed E-state index contributed by atoms with van der Waals surface area (Å²) < 4.78 is 1.87. The molecule has 0 aliphatic carbocycles. The molecule has 3 nitrogen and oxygen atoms in total. The van der Waals surface area contributed by atoms with Gasteiger partial charge in [-0.2, -0.15) is 5.10 Å². The molecule has 0 bridgehead atoms. The van der Waals surface area contributed by atoms with E-state index in [1.165, 1.54) is 0 Å². The van der Waals surface area contributed by atoms with Crippen molar-refractivity contribution in [3.8, 4) is 11.1 Å². The van der Waals surface area contributed by atoms with Crippen molar-refractivity contribution < 1.29 is 0 Å². The predicted molar refractivity (Wildman–Crippen MR) is 66.5 cm³/mol. The number of aromatic nitrogens is 2. The average molecular weight is 236 g/mol. The zero-order chi connectivity index (χ0) is 11.5. The highest BCUT2D eigenvalue weighted by molar-refractivity contribution is 6.30. The van der Waals surface area contributed by atoms with Gasteiger partial charge in [0.15, 0.2) is 0 Å². The summed E-state index contributed by atoms with van der Waals surface area (Å²) in [5, 5.41) is 5.14. The third-order valence-electron chi connectivity index (χ3n) is 2.44. The van der Waals surface area contributed by atoms with E-state index < -0.39 is 0 Å². The molecule has 0 atom stereocenters. The van der Waals surface area contributed by atoms with Crippen molar-refractivity contribution in [2.45, 2.75) is 13.5 Å². The molecule has 0 fully saturated rings. The second-order valence-electron chi connectivity index (χ2n) is 3.69. The number of hydrogen-bond acceptors (Lipinski definition) is 2. The first kappa shape index (κ1) is 11.2. The van der Waals surface area contributed by atoms with E-state index >= 15 is 0 Å². The van der Waals surface area contributed by atoms with Crippen molar-refractivity contribution in [3.63, 3.8) is 0 Å². The van der Waals surface area contributed by atoms with Gasteiger partial charge in [-0.25, -0.2) is 0 Å². The number of halogens is 1. The van der Waals surface area contributed by atoms with Crippen LogP contribution in [0.4, 0.5) is 0 Å². The number of aryl methyl sites for hydroxylation is 1. The van der Waals surface area contributed by atoms with Crippen LogP contribution >= 0.6 is 11.6 Å². The third kappa shape index (κ3) is 2.26. The van der Waals surface area contributed by atoms with Gasteiger partial charge in [-0.15, -0.1) is 0 Å². The number of rotatable bonds is 3. The highest BCUT2D eigenvalue weighted by Crippen LogP contribution is 2.24. The van der Waals surface area contributed by atoms with Gasteiger partial charge in [0.05, 0.1) is 12.2 Å². The van der Waals surface area contributed by atoms with Crippen LogP contribution in [0.5, 0.6) is 0 Å². The lowest BCUT2D eigenvalue weighted by atomic mass is 10.1. The summed E-state index contributed by atoms with van der Waals surface area (Å²) in [6, 6.07) is 7.78. The van der Waals surface area contributed by atoms with Crippen LogP contribution in [0, 0.1) is 6.92 Å². The van der Waals surface area contributed by atoms with Crippen LogP contribution in [0.2, 0.25) is 5.02 Å². The minimum absolute atomic E-state index is 0.593. The normalized spacial score (nSPS) is 10.7. The summed E-state index contributed by atoms with van der Waals surface area (Å²) in [5.41, 5.74) is 8.70. The molecule has 2 aromatic rings. The zero-order valence-electron chi connectivity index (χ0n) is 9.15. The van der Waals surface area contributed by atoms with Crippen LogP contribution in [-0.4, -0.2) is 16.3 Å². The Labute approximate surface area is 99.8 Å². The second-order valence-corrected chi connectivity index (χ2v) is 4.13. The molecule has 0 amide bonds. The molecular formula is C12H14ClN3. The van der Waals surface area contributed by atoms with Crippen molar-refractivity contribution in [1.82, 2.24) is 9.78 Å². The van der Waals surface area contributed by atoms with Gasteiger partial charge in [-0.05, 0) is 24.6 Å². The largest absolute Gasteiger partial charge is 0.329 e. The van der Waals surface area contributed by atoms with Crippen LogP contribution in [-0.2, 0) is 6.54 Å². The van der Waals surface area contributed by atoms with E-state index in [2.05, 4.69) is 5.10 Å². The predicted octanol–water partition coefficient (Wildman–Crippen LogP) is 2.47. The van der Waals surface area contributed by atoms with Gasteiger partial charge < -0.3 is 5.73 Å². The molecule has 0 saturated heterocycles. The molecule has 0 saturated carbocycles. The molecule has 2 N–H and O–H groups in total. The molecular weight excluding hydrogens is 222 g/mol. The fourth-order valence-corrected chi connectivity index (χ4v) is 1.89. The van der Waals surface area contributed by atoms with Gasteiger partial charge in [-0.3, -0.25) is 4.68 Å². The monoisotopic (exact) mass is 235 g/mol. The number of benzene rings is 1. The maximum Gasteiger partial charge on any atom is 0.0672 e. The first-order valence-corrected chi connectivity index (χ1v) is 5.58. The molecule has 0 aliphatic rings. The molecule has 4 heteroatoms. The maximum atomic E-state index is 5.97. The number of nitrogens with zero attached hydrogens (tertiary/aromatic N) is 2. The average Bonchev–Trinajstić information content (AvgIpc) is 2.60. The number of nitrogens with two attached hydrogens (primary N) is 1. The standard InChI is InChI=1S/C12H14ClN3/c1-9-12(8-16(15-9)6-5-14)10-3-2-4-11(13)7-10/h2-4,7-8H,5-6,14H2,1H3. The van der Waals surface area contributed by atoms with E-state index in [0.717, 1.165) is 28.4 Å². The van der Waals surface area contributed by atoms with Crippen LogP contribution in [0.15, 0.2) is 30.5 Å². The molecule has 1 heterocycles. The summed E-state index contributed by atoms with van der Waals surface area (Å²) in [4.78, 5) is 0. The van der Waals surface area contributed by atoms with Crippen molar-refractivity contribution in [3.05, 3.63) is 41.2 Å². The minimum Gasteiger partial charge on any atom is -0.329 e. The fourth-order valence-electron chi connectivity index (χ4n) is 1.70. The SMILES string of the molecule is Cc1nn(CCN)cc1-c1cccc(Cl)c1. The van der Waals surface area contributed by atoms with Crippen LogP contribution in [0.3, 0.4) is 0 Å². The first-order chi connectivity index (χ1) is 7.70. The smallest absolute Gasteiger partial charge is 0.0672 e. The van der Waals surface area contributed by atoms with Crippen molar-refractivity contribution >= 4 is 11.6 Å². The Morgan fingerprint density at radius 1 is 1.44 bits per heavy atom. The lowest BCUT2D eigenvalue weighted by Gasteiger charge is -1.99. The van der Waals surface area contributed by atoms with E-state index in [4.69, 9.17) is 17.3 Å². The Bertz CT molecular complexity index is 491. The number of hydrogen-bond donors (Lipinski definition) is 1. The molecule has 84 valence electrons. The zero-order valence-corrected chi connectivity index (χ0v) is 9.91. The van der Waals surface area contributed by atoms with Crippen LogP contribution in [0.1, 0.15) is 5.69 Å². The molecule has 1 aromatic carbocycles. The van der Waals surface area contributed by atoms with Crippen LogP contribution in [0.25, 0.3) is 11.1 Å². The summed E-state index contributed by atoms with van der Waals surface area (Å²) >= 11 is 5.97. The molecule has 0 spiro atoms. The second kappa shape index (κ2) is 4.68. The molecule has 1 aromatic heterocycles. The van der Waals surface area contributed by atoms with Crippen molar-refractivity contribution in [2.24, 2.45) is 5.73 Å². The highest BCUT2D eigenvalue weighted by Gasteiger charge is 2.07. The van der Waals surface area contributed by atoms with Gasteiger partial charge >= 0.3 is 0 Å². The van der Waals surface area contributed by atoms with Crippen molar-refractivity contribution in [2.75, 3.05) is 6.54 Å². The lowest BCUT2D eigenvalue weighted by molar-refractivity contribution is 0.620. The quantitative estimate of drug-likeness (QED) is 0.888. The van der Waals surface area contributed by atoms with Gasteiger partial charge in [0.2, 0.25) is 0 Å². The van der Waals surface area contributed by atoms with Gasteiger partial charge in [0.25, 0.3) is 0 Å². The van der Waals surface area contributed by atoms with Gasteiger partial charge in [0, 0.05) is 23.3 Å². The van der Waals surface area contributed by atoms with Crippen LogP contribution < -0.4 is 5.73 Å². The van der Waals surface area contributed by atoms with E-state index in [-0.39, 0.29) is 0 Å². The fraction of sp³-hybridized carbons (Fsp3) is 0.250.